The predicted octanol–water partition coefficient (Wildman–Crippen LogP) is 2.54. The summed E-state index contributed by atoms with van der Waals surface area (Å²) in [4.78, 5) is 16.9. The Labute approximate surface area is 170 Å². The zero-order chi connectivity index (χ0) is 19.4. The molecule has 0 saturated heterocycles. The van der Waals surface area contributed by atoms with Crippen LogP contribution in [0.4, 0.5) is 0 Å². The molecule has 9 heteroatoms. The van der Waals surface area contributed by atoms with E-state index >= 15 is 0 Å². The van der Waals surface area contributed by atoms with E-state index in [1.807, 2.05) is 0 Å². The fourth-order valence-corrected chi connectivity index (χ4v) is 3.85. The first-order valence-corrected chi connectivity index (χ1v) is 11.4. The van der Waals surface area contributed by atoms with E-state index in [-0.39, 0.29) is 10.8 Å². The van der Waals surface area contributed by atoms with Crippen LogP contribution in [0.5, 0.6) is 0 Å². The Balaban J connectivity index is 1.70. The first kappa shape index (κ1) is 19.5. The minimum absolute atomic E-state index is 0.249. The topological polar surface area (TPSA) is 94.0 Å². The van der Waals surface area contributed by atoms with Crippen molar-refractivity contribution >= 4 is 38.3 Å². The number of halogens is 1. The number of aromatic nitrogens is 3. The van der Waals surface area contributed by atoms with Gasteiger partial charge in [0.25, 0.3) is 5.91 Å². The van der Waals surface area contributed by atoms with Gasteiger partial charge < -0.3 is 5.32 Å². The molecule has 0 atom stereocenters. The molecule has 0 unspecified atom stereocenters. The summed E-state index contributed by atoms with van der Waals surface area (Å²) in [5, 5.41) is 6.94. The smallest absolute Gasteiger partial charge is 0.253 e. The Hall–Kier alpha value is -2.27. The van der Waals surface area contributed by atoms with Crippen LogP contribution in [-0.4, -0.2) is 35.3 Å². The van der Waals surface area contributed by atoms with Crippen LogP contribution >= 0.6 is 22.6 Å². The highest BCUT2D eigenvalue weighted by atomic mass is 127. The number of hydrogen-bond donors (Lipinski definition) is 1. The van der Waals surface area contributed by atoms with Gasteiger partial charge in [0, 0.05) is 35.8 Å². The van der Waals surface area contributed by atoms with Gasteiger partial charge in [0.05, 0.1) is 10.5 Å². The van der Waals surface area contributed by atoms with Gasteiger partial charge in [0.2, 0.25) is 0 Å². The standard InChI is InChI=1S/C18H17IN4O3S/c1-27(25,26)16-5-3-13(15(9-16)10-19)11-21-18(24)14-4-6-17(20-12-14)23-8-2-7-22-23/h2-9,12H,10-11H2,1H3,(H,21,24). The van der Waals surface area contributed by atoms with Gasteiger partial charge in [-0.1, -0.05) is 28.7 Å². The summed E-state index contributed by atoms with van der Waals surface area (Å²) in [6.45, 7) is 0.308. The molecule has 27 heavy (non-hydrogen) atoms. The molecular weight excluding hydrogens is 479 g/mol. The van der Waals surface area contributed by atoms with Crippen molar-refractivity contribution in [2.24, 2.45) is 0 Å². The van der Waals surface area contributed by atoms with E-state index in [1.165, 1.54) is 12.5 Å². The Morgan fingerprint density at radius 1 is 1.22 bits per heavy atom. The summed E-state index contributed by atoms with van der Waals surface area (Å²) < 4.78 is 25.6. The molecule has 140 valence electrons. The van der Waals surface area contributed by atoms with E-state index < -0.39 is 9.84 Å². The molecule has 0 fully saturated rings. The average molecular weight is 496 g/mol. The maximum Gasteiger partial charge on any atom is 0.253 e. The average Bonchev–Trinajstić information content (AvgIpc) is 3.20. The Morgan fingerprint density at radius 2 is 2.04 bits per heavy atom. The molecule has 0 aliphatic heterocycles. The molecule has 0 aliphatic carbocycles. The molecule has 0 spiro atoms. The highest BCUT2D eigenvalue weighted by Gasteiger charge is 2.12. The summed E-state index contributed by atoms with van der Waals surface area (Å²) in [7, 11) is -3.26. The normalized spacial score (nSPS) is 11.3. The number of sulfone groups is 1. The second kappa shape index (κ2) is 8.17. The van der Waals surface area contributed by atoms with Crippen LogP contribution in [0.25, 0.3) is 5.82 Å². The van der Waals surface area contributed by atoms with E-state index in [1.54, 1.807) is 53.5 Å². The monoisotopic (exact) mass is 496 g/mol. The van der Waals surface area contributed by atoms with Gasteiger partial charge in [0.15, 0.2) is 15.7 Å². The number of amides is 1. The molecule has 0 aliphatic rings. The van der Waals surface area contributed by atoms with Crippen LogP contribution in [0.1, 0.15) is 21.5 Å². The van der Waals surface area contributed by atoms with E-state index in [2.05, 4.69) is 38.0 Å². The largest absolute Gasteiger partial charge is 0.348 e. The number of pyridine rings is 1. The van der Waals surface area contributed by atoms with Crippen molar-refractivity contribution < 1.29 is 13.2 Å². The molecular formula is C18H17IN4O3S. The zero-order valence-electron chi connectivity index (χ0n) is 14.5. The highest BCUT2D eigenvalue weighted by Crippen LogP contribution is 2.19. The maximum atomic E-state index is 12.4. The van der Waals surface area contributed by atoms with Gasteiger partial charge in [-0.05, 0) is 41.5 Å². The van der Waals surface area contributed by atoms with Gasteiger partial charge >= 0.3 is 0 Å². The fourth-order valence-electron chi connectivity index (χ4n) is 2.47. The van der Waals surface area contributed by atoms with Gasteiger partial charge in [-0.2, -0.15) is 5.10 Å². The van der Waals surface area contributed by atoms with Gasteiger partial charge in [-0.15, -0.1) is 0 Å². The van der Waals surface area contributed by atoms with Gasteiger partial charge in [-0.25, -0.2) is 18.1 Å². The highest BCUT2D eigenvalue weighted by molar-refractivity contribution is 14.1. The van der Waals surface area contributed by atoms with Crippen molar-refractivity contribution in [3.8, 4) is 5.82 Å². The molecule has 3 rings (SSSR count). The number of carbonyl (C=O) groups excluding carboxylic acids is 1. The molecule has 2 aromatic heterocycles. The van der Waals surface area contributed by atoms with Crippen LogP contribution in [0.2, 0.25) is 0 Å². The summed E-state index contributed by atoms with van der Waals surface area (Å²) in [5.41, 5.74) is 2.20. The van der Waals surface area contributed by atoms with Gasteiger partial charge in [-0.3, -0.25) is 4.79 Å². The molecule has 1 aromatic carbocycles. The maximum absolute atomic E-state index is 12.4. The Bertz CT molecular complexity index is 1050. The number of carbonyl (C=O) groups is 1. The van der Waals surface area contributed by atoms with Crippen molar-refractivity contribution in [1.82, 2.24) is 20.1 Å². The Morgan fingerprint density at radius 3 is 2.63 bits per heavy atom. The number of alkyl halides is 1. The molecule has 2 heterocycles. The van der Waals surface area contributed by atoms with Crippen LogP contribution < -0.4 is 5.32 Å². The predicted molar refractivity (Wildman–Crippen MR) is 110 cm³/mol. The molecule has 0 radical (unpaired) electrons. The van der Waals surface area contributed by atoms with Crippen LogP contribution in [-0.2, 0) is 20.8 Å². The van der Waals surface area contributed by atoms with Crippen molar-refractivity contribution in [2.75, 3.05) is 6.26 Å². The third-order valence-corrected chi connectivity index (χ3v) is 5.87. The Kier molecular flexibility index (Phi) is 5.90. The number of hydrogen-bond acceptors (Lipinski definition) is 5. The number of nitrogens with zero attached hydrogens (tertiary/aromatic N) is 3. The first-order chi connectivity index (χ1) is 12.9. The lowest BCUT2D eigenvalue weighted by Crippen LogP contribution is -2.23. The number of nitrogens with one attached hydrogen (secondary N) is 1. The lowest BCUT2D eigenvalue weighted by molar-refractivity contribution is 0.0950. The summed E-state index contributed by atoms with van der Waals surface area (Å²) in [6.07, 6.45) is 6.11. The molecule has 3 aromatic rings. The lowest BCUT2D eigenvalue weighted by Gasteiger charge is -2.11. The van der Waals surface area contributed by atoms with Crippen LogP contribution in [0, 0.1) is 0 Å². The molecule has 1 amide bonds. The zero-order valence-corrected chi connectivity index (χ0v) is 17.4. The van der Waals surface area contributed by atoms with E-state index in [4.69, 9.17) is 0 Å². The van der Waals surface area contributed by atoms with E-state index in [9.17, 15) is 13.2 Å². The minimum Gasteiger partial charge on any atom is -0.348 e. The van der Waals surface area contributed by atoms with Crippen LogP contribution in [0.3, 0.4) is 0 Å². The van der Waals surface area contributed by atoms with Gasteiger partial charge in [0.1, 0.15) is 0 Å². The molecule has 0 bridgehead atoms. The van der Waals surface area contributed by atoms with E-state index in [0.717, 1.165) is 11.1 Å². The lowest BCUT2D eigenvalue weighted by atomic mass is 10.1. The number of rotatable bonds is 6. The van der Waals surface area contributed by atoms with Crippen molar-refractivity contribution in [3.05, 3.63) is 71.7 Å². The molecule has 1 N–H and O–H groups in total. The third kappa shape index (κ3) is 4.72. The second-order valence-electron chi connectivity index (χ2n) is 5.87. The molecule has 7 nitrogen and oxygen atoms in total. The summed E-state index contributed by atoms with van der Waals surface area (Å²) >= 11 is 2.18. The fraction of sp³-hybridized carbons (Fsp3) is 0.167. The third-order valence-electron chi connectivity index (χ3n) is 3.94. The minimum atomic E-state index is -3.26. The first-order valence-electron chi connectivity index (χ1n) is 8.00. The van der Waals surface area contributed by atoms with Crippen molar-refractivity contribution in [2.45, 2.75) is 15.9 Å². The van der Waals surface area contributed by atoms with E-state index in [0.29, 0.717) is 22.4 Å². The van der Waals surface area contributed by atoms with Crippen molar-refractivity contribution in [3.63, 3.8) is 0 Å². The van der Waals surface area contributed by atoms with Crippen LogP contribution in [0.15, 0.2) is 59.9 Å². The number of benzene rings is 1. The summed E-state index contributed by atoms with van der Waals surface area (Å²) in [6, 6.07) is 10.2. The quantitative estimate of drug-likeness (QED) is 0.418. The second-order valence-corrected chi connectivity index (χ2v) is 8.65. The molecule has 0 saturated carbocycles. The summed E-state index contributed by atoms with van der Waals surface area (Å²) in [5.74, 6) is 0.376. The van der Waals surface area contributed by atoms with Crippen molar-refractivity contribution in [1.29, 1.82) is 0 Å². The SMILES string of the molecule is CS(=O)(=O)c1ccc(CNC(=O)c2ccc(-n3cccn3)nc2)c(CI)c1.